The number of amides is 2. The molecular formula is C20H19NO4. The van der Waals surface area contributed by atoms with Crippen molar-refractivity contribution >= 4 is 23.5 Å². The van der Waals surface area contributed by atoms with Crippen LogP contribution in [0.4, 0.5) is 5.69 Å². The monoisotopic (exact) mass is 337 g/mol. The highest BCUT2D eigenvalue weighted by Crippen LogP contribution is 2.34. The van der Waals surface area contributed by atoms with Gasteiger partial charge in [-0.05, 0) is 30.7 Å². The van der Waals surface area contributed by atoms with E-state index in [9.17, 15) is 14.4 Å². The van der Waals surface area contributed by atoms with Crippen molar-refractivity contribution in [2.45, 2.75) is 32.6 Å². The summed E-state index contributed by atoms with van der Waals surface area (Å²) in [6.45, 7) is 2.06. The van der Waals surface area contributed by atoms with Crippen LogP contribution in [0.3, 0.4) is 0 Å². The maximum absolute atomic E-state index is 12.6. The number of benzene rings is 2. The number of unbranched alkanes of at least 4 members (excludes halogenated alkanes) is 2. The Hall–Kier alpha value is -2.95. The van der Waals surface area contributed by atoms with Gasteiger partial charge in [0.2, 0.25) is 0 Å². The van der Waals surface area contributed by atoms with Gasteiger partial charge < -0.3 is 4.74 Å². The topological polar surface area (TPSA) is 63.7 Å². The fourth-order valence-corrected chi connectivity index (χ4v) is 2.83. The molecule has 128 valence electrons. The molecular weight excluding hydrogens is 318 g/mol. The Bertz CT molecular complexity index is 793. The number of anilines is 1. The van der Waals surface area contributed by atoms with E-state index in [1.165, 1.54) is 0 Å². The summed E-state index contributed by atoms with van der Waals surface area (Å²) < 4.78 is 5.41. The van der Waals surface area contributed by atoms with Gasteiger partial charge in [-0.3, -0.25) is 14.4 Å². The Morgan fingerprint density at radius 2 is 1.52 bits per heavy atom. The maximum Gasteiger partial charge on any atom is 0.311 e. The standard InChI is InChI=1S/C20H19NO4/c1-2-3-4-13-18(22)25-17-12-8-7-11-16(17)21-19(23)14-9-5-6-10-15(14)20(21)24/h5-12H,2-4,13H2,1H3. The fourth-order valence-electron chi connectivity index (χ4n) is 2.83. The number of fused-ring (bicyclic) bond motifs is 1. The molecule has 0 bridgehead atoms. The van der Waals surface area contributed by atoms with E-state index in [1.807, 2.05) is 0 Å². The molecule has 0 aromatic heterocycles. The molecule has 1 aliphatic rings. The minimum absolute atomic E-state index is 0.221. The van der Waals surface area contributed by atoms with Crippen molar-refractivity contribution in [3.8, 4) is 5.75 Å². The summed E-state index contributed by atoms with van der Waals surface area (Å²) in [5.74, 6) is -0.957. The lowest BCUT2D eigenvalue weighted by Crippen LogP contribution is -2.30. The molecule has 3 rings (SSSR count). The molecule has 0 fully saturated rings. The zero-order valence-corrected chi connectivity index (χ0v) is 14.0. The van der Waals surface area contributed by atoms with E-state index in [4.69, 9.17) is 4.74 Å². The molecule has 0 unspecified atom stereocenters. The van der Waals surface area contributed by atoms with Gasteiger partial charge in [-0.1, -0.05) is 44.0 Å². The molecule has 0 saturated heterocycles. The van der Waals surface area contributed by atoms with Crippen LogP contribution in [-0.2, 0) is 4.79 Å². The lowest BCUT2D eigenvalue weighted by atomic mass is 10.1. The van der Waals surface area contributed by atoms with Crippen molar-refractivity contribution in [3.05, 3.63) is 59.7 Å². The third kappa shape index (κ3) is 3.31. The number of hydrogen-bond donors (Lipinski definition) is 0. The highest BCUT2D eigenvalue weighted by atomic mass is 16.5. The van der Waals surface area contributed by atoms with Crippen LogP contribution in [0.25, 0.3) is 0 Å². The number of carbonyl (C=O) groups excluding carboxylic acids is 3. The van der Waals surface area contributed by atoms with Crippen LogP contribution in [0, 0.1) is 0 Å². The second-order valence-electron chi connectivity index (χ2n) is 5.89. The van der Waals surface area contributed by atoms with Gasteiger partial charge >= 0.3 is 5.97 Å². The first kappa shape index (κ1) is 16.9. The molecule has 0 saturated carbocycles. The first-order valence-electron chi connectivity index (χ1n) is 8.41. The smallest absolute Gasteiger partial charge is 0.311 e. The van der Waals surface area contributed by atoms with Gasteiger partial charge in [-0.15, -0.1) is 0 Å². The van der Waals surface area contributed by atoms with Gasteiger partial charge in [0.05, 0.1) is 16.8 Å². The van der Waals surface area contributed by atoms with E-state index >= 15 is 0 Å². The SMILES string of the molecule is CCCCCC(=O)Oc1ccccc1N1C(=O)c2ccccc2C1=O. The molecule has 0 spiro atoms. The van der Waals surface area contributed by atoms with Gasteiger partial charge in [0.1, 0.15) is 0 Å². The number of nitrogens with zero attached hydrogens (tertiary/aromatic N) is 1. The van der Waals surface area contributed by atoms with Gasteiger partial charge in [-0.25, -0.2) is 4.90 Å². The molecule has 0 aliphatic carbocycles. The van der Waals surface area contributed by atoms with Crippen molar-refractivity contribution in [2.75, 3.05) is 4.90 Å². The van der Waals surface area contributed by atoms with Crippen LogP contribution in [-0.4, -0.2) is 17.8 Å². The molecule has 1 aliphatic heterocycles. The van der Waals surface area contributed by atoms with Crippen LogP contribution in [0.1, 0.15) is 53.3 Å². The van der Waals surface area contributed by atoms with Crippen LogP contribution in [0.5, 0.6) is 5.75 Å². The molecule has 5 nitrogen and oxygen atoms in total. The number of hydrogen-bond acceptors (Lipinski definition) is 4. The van der Waals surface area contributed by atoms with Crippen molar-refractivity contribution in [3.63, 3.8) is 0 Å². The van der Waals surface area contributed by atoms with E-state index in [0.717, 1.165) is 24.2 Å². The fraction of sp³-hybridized carbons (Fsp3) is 0.250. The molecule has 1 heterocycles. The predicted octanol–water partition coefficient (Wildman–Crippen LogP) is 3.97. The molecule has 0 N–H and O–H groups in total. The lowest BCUT2D eigenvalue weighted by molar-refractivity contribution is -0.134. The summed E-state index contributed by atoms with van der Waals surface area (Å²) in [5.41, 5.74) is 1.01. The second kappa shape index (κ2) is 7.30. The Labute approximate surface area is 146 Å². The Kier molecular flexibility index (Phi) is 4.93. The Morgan fingerprint density at radius 3 is 2.16 bits per heavy atom. The van der Waals surface area contributed by atoms with Gasteiger partial charge in [-0.2, -0.15) is 0 Å². The summed E-state index contributed by atoms with van der Waals surface area (Å²) in [6, 6.07) is 13.3. The number of ether oxygens (including phenoxy) is 1. The van der Waals surface area contributed by atoms with Gasteiger partial charge in [0.15, 0.2) is 5.75 Å². The predicted molar refractivity (Wildman–Crippen MR) is 93.8 cm³/mol. The summed E-state index contributed by atoms with van der Waals surface area (Å²) in [4.78, 5) is 38.3. The normalized spacial score (nSPS) is 13.1. The highest BCUT2D eigenvalue weighted by Gasteiger charge is 2.37. The van der Waals surface area contributed by atoms with E-state index in [-0.39, 0.29) is 17.4 Å². The average molecular weight is 337 g/mol. The number of carbonyl (C=O) groups is 3. The van der Waals surface area contributed by atoms with Crippen molar-refractivity contribution in [2.24, 2.45) is 0 Å². The number of rotatable bonds is 6. The number of para-hydroxylation sites is 2. The largest absolute Gasteiger partial charge is 0.424 e. The third-order valence-corrected chi connectivity index (χ3v) is 4.11. The van der Waals surface area contributed by atoms with Crippen LogP contribution >= 0.6 is 0 Å². The molecule has 0 radical (unpaired) electrons. The first-order valence-corrected chi connectivity index (χ1v) is 8.41. The van der Waals surface area contributed by atoms with Crippen LogP contribution in [0.2, 0.25) is 0 Å². The van der Waals surface area contributed by atoms with Crippen molar-refractivity contribution < 1.29 is 19.1 Å². The molecule has 2 aromatic rings. The zero-order chi connectivity index (χ0) is 17.8. The molecule has 2 amide bonds. The maximum atomic E-state index is 12.6. The van der Waals surface area contributed by atoms with Gasteiger partial charge in [0, 0.05) is 6.42 Å². The highest BCUT2D eigenvalue weighted by molar-refractivity contribution is 6.34. The summed E-state index contributed by atoms with van der Waals surface area (Å²) in [7, 11) is 0. The summed E-state index contributed by atoms with van der Waals surface area (Å²) in [5, 5.41) is 0. The number of esters is 1. The molecule has 2 aromatic carbocycles. The summed E-state index contributed by atoms with van der Waals surface area (Å²) >= 11 is 0. The second-order valence-corrected chi connectivity index (χ2v) is 5.89. The van der Waals surface area contributed by atoms with E-state index < -0.39 is 11.8 Å². The van der Waals surface area contributed by atoms with E-state index in [1.54, 1.807) is 48.5 Å². The van der Waals surface area contributed by atoms with Crippen LogP contribution < -0.4 is 9.64 Å². The van der Waals surface area contributed by atoms with E-state index in [2.05, 4.69) is 6.92 Å². The first-order chi connectivity index (χ1) is 12.1. The van der Waals surface area contributed by atoms with E-state index in [0.29, 0.717) is 17.5 Å². The minimum Gasteiger partial charge on any atom is -0.424 e. The zero-order valence-electron chi connectivity index (χ0n) is 14.0. The molecule has 5 heteroatoms. The Morgan fingerprint density at radius 1 is 0.920 bits per heavy atom. The van der Waals surface area contributed by atoms with Crippen molar-refractivity contribution in [1.82, 2.24) is 0 Å². The Balaban J connectivity index is 1.86. The van der Waals surface area contributed by atoms with Gasteiger partial charge in [0.25, 0.3) is 11.8 Å². The minimum atomic E-state index is -0.407. The molecule has 0 atom stereocenters. The summed E-state index contributed by atoms with van der Waals surface area (Å²) in [6.07, 6.45) is 3.03. The number of imide groups is 1. The average Bonchev–Trinajstić information content (AvgIpc) is 2.87. The quantitative estimate of drug-likeness (QED) is 0.346. The third-order valence-electron chi connectivity index (χ3n) is 4.11. The lowest BCUT2D eigenvalue weighted by Gasteiger charge is -2.17. The van der Waals surface area contributed by atoms with Crippen LogP contribution in [0.15, 0.2) is 48.5 Å². The van der Waals surface area contributed by atoms with Crippen molar-refractivity contribution in [1.29, 1.82) is 0 Å². The molecule has 25 heavy (non-hydrogen) atoms.